The van der Waals surface area contributed by atoms with E-state index in [1.807, 2.05) is 30.5 Å². The molecule has 0 saturated carbocycles. The Morgan fingerprint density at radius 2 is 2.17 bits per heavy atom. The molecule has 7 nitrogen and oxygen atoms in total. The van der Waals surface area contributed by atoms with Gasteiger partial charge in [-0.3, -0.25) is 4.79 Å². The molecular formula is C17H17N5O2. The number of rotatable bonds is 0. The summed E-state index contributed by atoms with van der Waals surface area (Å²) in [4.78, 5) is 16.4. The predicted octanol–water partition coefficient (Wildman–Crippen LogP) is 1.71. The average Bonchev–Trinajstić information content (AvgIpc) is 3.02. The highest BCUT2D eigenvalue weighted by Gasteiger charge is 2.11. The van der Waals surface area contributed by atoms with Crippen LogP contribution in [0.5, 0.6) is 5.75 Å². The van der Waals surface area contributed by atoms with Crippen LogP contribution in [0.2, 0.25) is 0 Å². The second-order valence-electron chi connectivity index (χ2n) is 5.57. The van der Waals surface area contributed by atoms with E-state index in [-0.39, 0.29) is 12.5 Å². The first-order valence-corrected chi connectivity index (χ1v) is 7.88. The number of benzene rings is 1. The summed E-state index contributed by atoms with van der Waals surface area (Å²) in [5.74, 6) is 1.37. The summed E-state index contributed by atoms with van der Waals surface area (Å²) >= 11 is 0. The molecule has 7 heteroatoms. The van der Waals surface area contributed by atoms with E-state index in [4.69, 9.17) is 4.74 Å². The van der Waals surface area contributed by atoms with Crippen LogP contribution in [0, 0.1) is 0 Å². The van der Waals surface area contributed by atoms with Crippen LogP contribution in [-0.2, 0) is 4.79 Å². The van der Waals surface area contributed by atoms with E-state index in [2.05, 4.69) is 20.7 Å². The Balaban J connectivity index is 1.78. The summed E-state index contributed by atoms with van der Waals surface area (Å²) in [6.07, 6.45) is 4.36. The Labute approximate surface area is 138 Å². The van der Waals surface area contributed by atoms with Crippen LogP contribution in [0.3, 0.4) is 0 Å². The molecule has 2 N–H and O–H groups in total. The number of aromatic nitrogens is 3. The molecular weight excluding hydrogens is 306 g/mol. The van der Waals surface area contributed by atoms with Crippen molar-refractivity contribution in [2.24, 2.45) is 0 Å². The molecule has 4 bridgehead atoms. The second-order valence-corrected chi connectivity index (χ2v) is 5.57. The number of anilines is 1. The van der Waals surface area contributed by atoms with Gasteiger partial charge in [-0.25, -0.2) is 9.50 Å². The minimum Gasteiger partial charge on any atom is -0.494 e. The second kappa shape index (κ2) is 6.19. The Morgan fingerprint density at radius 3 is 3.12 bits per heavy atom. The average molecular weight is 323 g/mol. The van der Waals surface area contributed by atoms with Crippen molar-refractivity contribution in [3.8, 4) is 16.9 Å². The third-order valence-electron chi connectivity index (χ3n) is 3.86. The number of nitrogens with one attached hydrogen (secondary N) is 2. The van der Waals surface area contributed by atoms with Crippen molar-refractivity contribution in [2.75, 3.05) is 25.0 Å². The van der Waals surface area contributed by atoms with E-state index < -0.39 is 0 Å². The van der Waals surface area contributed by atoms with Crippen LogP contribution < -0.4 is 15.4 Å². The number of ether oxygens (including phenoxy) is 1. The zero-order valence-electron chi connectivity index (χ0n) is 13.0. The molecule has 0 radical (unpaired) electrons. The van der Waals surface area contributed by atoms with Crippen LogP contribution in [0.25, 0.3) is 16.8 Å². The normalized spacial score (nSPS) is 15.1. The summed E-state index contributed by atoms with van der Waals surface area (Å²) in [7, 11) is 0. The first kappa shape index (κ1) is 14.5. The molecule has 4 rings (SSSR count). The molecule has 0 aliphatic carbocycles. The zero-order chi connectivity index (χ0) is 16.4. The van der Waals surface area contributed by atoms with Crippen molar-refractivity contribution in [3.63, 3.8) is 0 Å². The summed E-state index contributed by atoms with van der Waals surface area (Å²) in [6, 6.07) is 9.67. The molecule has 24 heavy (non-hydrogen) atoms. The molecule has 3 aromatic rings. The van der Waals surface area contributed by atoms with Gasteiger partial charge in [-0.15, -0.1) is 0 Å². The van der Waals surface area contributed by atoms with Gasteiger partial charge in [0.1, 0.15) is 11.6 Å². The summed E-state index contributed by atoms with van der Waals surface area (Å²) in [5.41, 5.74) is 2.65. The van der Waals surface area contributed by atoms with Crippen molar-refractivity contribution in [2.45, 2.75) is 6.42 Å². The Morgan fingerprint density at radius 1 is 1.21 bits per heavy atom. The van der Waals surface area contributed by atoms with Gasteiger partial charge in [0.25, 0.3) is 0 Å². The van der Waals surface area contributed by atoms with Gasteiger partial charge in [0.2, 0.25) is 5.91 Å². The topological polar surface area (TPSA) is 80.6 Å². The number of nitrogens with zero attached hydrogens (tertiary/aromatic N) is 3. The highest BCUT2D eigenvalue weighted by atomic mass is 16.5. The zero-order valence-corrected chi connectivity index (χ0v) is 13.0. The minimum absolute atomic E-state index is 0.0687. The lowest BCUT2D eigenvalue weighted by molar-refractivity contribution is -0.119. The quantitative estimate of drug-likeness (QED) is 0.658. The van der Waals surface area contributed by atoms with Crippen molar-refractivity contribution in [3.05, 3.63) is 42.7 Å². The molecule has 1 aliphatic rings. The number of carbonyl (C=O) groups excluding carboxylic acids is 1. The Bertz CT molecular complexity index is 890. The molecule has 0 saturated heterocycles. The molecule has 2 aromatic heterocycles. The monoisotopic (exact) mass is 323 g/mol. The third kappa shape index (κ3) is 2.88. The summed E-state index contributed by atoms with van der Waals surface area (Å²) < 4.78 is 7.49. The highest BCUT2D eigenvalue weighted by molar-refractivity contribution is 5.81. The SMILES string of the molecule is O=C1CNc2ccn3ncc(c3n2)-c2cccc(c2)OCCCN1. The summed E-state index contributed by atoms with van der Waals surface area (Å²) in [6.45, 7) is 1.31. The van der Waals surface area contributed by atoms with Gasteiger partial charge in [0, 0.05) is 18.3 Å². The summed E-state index contributed by atoms with van der Waals surface area (Å²) in [5, 5.41) is 10.2. The van der Waals surface area contributed by atoms with E-state index in [0.717, 1.165) is 28.9 Å². The molecule has 0 spiro atoms. The smallest absolute Gasteiger partial charge is 0.239 e. The van der Waals surface area contributed by atoms with Crippen molar-refractivity contribution in [1.29, 1.82) is 0 Å². The van der Waals surface area contributed by atoms with Crippen LogP contribution >= 0.6 is 0 Å². The minimum atomic E-state index is -0.0687. The number of hydrogen-bond acceptors (Lipinski definition) is 5. The van der Waals surface area contributed by atoms with Crippen LogP contribution in [0.1, 0.15) is 6.42 Å². The maximum atomic E-state index is 11.8. The van der Waals surface area contributed by atoms with Gasteiger partial charge >= 0.3 is 0 Å². The maximum Gasteiger partial charge on any atom is 0.239 e. The molecule has 1 aliphatic heterocycles. The molecule has 1 aromatic carbocycles. The Hall–Kier alpha value is -3.09. The van der Waals surface area contributed by atoms with Crippen molar-refractivity contribution in [1.82, 2.24) is 19.9 Å². The number of hydrogen-bond donors (Lipinski definition) is 2. The van der Waals surface area contributed by atoms with Gasteiger partial charge < -0.3 is 15.4 Å². The van der Waals surface area contributed by atoms with Gasteiger partial charge in [0.15, 0.2) is 5.65 Å². The Kier molecular flexibility index (Phi) is 3.74. The fourth-order valence-electron chi connectivity index (χ4n) is 2.65. The molecule has 3 heterocycles. The third-order valence-corrected chi connectivity index (χ3v) is 3.86. The molecule has 122 valence electrons. The van der Waals surface area contributed by atoms with E-state index in [1.165, 1.54) is 0 Å². The largest absolute Gasteiger partial charge is 0.494 e. The van der Waals surface area contributed by atoms with Gasteiger partial charge in [-0.05, 0) is 30.2 Å². The van der Waals surface area contributed by atoms with Gasteiger partial charge in [-0.1, -0.05) is 12.1 Å². The van der Waals surface area contributed by atoms with E-state index >= 15 is 0 Å². The fraction of sp³-hybridized carbons (Fsp3) is 0.235. The fourth-order valence-corrected chi connectivity index (χ4v) is 2.65. The van der Waals surface area contributed by atoms with E-state index in [0.29, 0.717) is 19.0 Å². The molecule has 1 amide bonds. The maximum absolute atomic E-state index is 11.8. The van der Waals surface area contributed by atoms with E-state index in [9.17, 15) is 4.79 Å². The first-order chi connectivity index (χ1) is 11.8. The predicted molar refractivity (Wildman–Crippen MR) is 90.0 cm³/mol. The lowest BCUT2D eigenvalue weighted by Crippen LogP contribution is -2.31. The molecule has 0 atom stereocenters. The number of carbonyl (C=O) groups is 1. The molecule has 0 fully saturated rings. The van der Waals surface area contributed by atoms with Crippen LogP contribution in [0.15, 0.2) is 42.7 Å². The number of fused-ring (bicyclic) bond motifs is 4. The van der Waals surface area contributed by atoms with Gasteiger partial charge in [-0.2, -0.15) is 5.10 Å². The van der Waals surface area contributed by atoms with Crippen LogP contribution in [-0.4, -0.2) is 40.2 Å². The first-order valence-electron chi connectivity index (χ1n) is 7.88. The van der Waals surface area contributed by atoms with Crippen LogP contribution in [0.4, 0.5) is 5.82 Å². The lowest BCUT2D eigenvalue weighted by Gasteiger charge is -2.08. The number of amides is 1. The van der Waals surface area contributed by atoms with Crippen molar-refractivity contribution < 1.29 is 9.53 Å². The van der Waals surface area contributed by atoms with E-state index in [1.54, 1.807) is 16.8 Å². The van der Waals surface area contributed by atoms with Crippen molar-refractivity contribution >= 4 is 17.4 Å². The highest BCUT2D eigenvalue weighted by Crippen LogP contribution is 2.27. The molecule has 0 unspecified atom stereocenters. The van der Waals surface area contributed by atoms with Gasteiger partial charge in [0.05, 0.1) is 19.3 Å². The lowest BCUT2D eigenvalue weighted by atomic mass is 10.1. The standard InChI is InChI=1S/C17H17N5O2/c23-16-11-19-15-5-7-22-17(21-15)14(10-20-22)12-3-1-4-13(9-12)24-8-2-6-18-16/h1,3-5,7,9-10H,2,6,8,11H2,(H,18,23)(H,19,21).